The lowest BCUT2D eigenvalue weighted by molar-refractivity contribution is 0.0999. The molecule has 0 fully saturated rings. The quantitative estimate of drug-likeness (QED) is 0.265. The second-order valence-electron chi connectivity index (χ2n) is 8.07. The third kappa shape index (κ3) is 12.7. The van der Waals surface area contributed by atoms with E-state index < -0.39 is 0 Å². The van der Waals surface area contributed by atoms with E-state index in [1.54, 1.807) is 0 Å². The summed E-state index contributed by atoms with van der Waals surface area (Å²) in [6, 6.07) is 7.75. The van der Waals surface area contributed by atoms with E-state index >= 15 is 0 Å². The van der Waals surface area contributed by atoms with Crippen molar-refractivity contribution >= 4 is 5.91 Å². The predicted molar refractivity (Wildman–Crippen MR) is 118 cm³/mol. The molecule has 0 saturated carbocycles. The van der Waals surface area contributed by atoms with Crippen molar-refractivity contribution in [3.8, 4) is 0 Å². The lowest BCUT2D eigenvalue weighted by atomic mass is 9.99. The molecule has 0 atom stereocenters. The van der Waals surface area contributed by atoms with Gasteiger partial charge in [0.1, 0.15) is 0 Å². The highest BCUT2D eigenvalue weighted by Gasteiger charge is 2.06. The molecule has 2 heteroatoms. The first-order chi connectivity index (χ1) is 13.3. The second kappa shape index (κ2) is 16.8. The van der Waals surface area contributed by atoms with Gasteiger partial charge >= 0.3 is 0 Å². The lowest BCUT2D eigenvalue weighted by Gasteiger charge is -2.06. The summed E-state index contributed by atoms with van der Waals surface area (Å²) in [5.41, 5.74) is 7.24. The third-order valence-electron chi connectivity index (χ3n) is 5.58. The molecule has 0 spiro atoms. The van der Waals surface area contributed by atoms with Crippen LogP contribution in [0.1, 0.15) is 126 Å². The number of carbonyl (C=O) groups is 1. The maximum absolute atomic E-state index is 11.4. The van der Waals surface area contributed by atoms with Crippen LogP contribution < -0.4 is 5.73 Å². The van der Waals surface area contributed by atoms with Gasteiger partial charge in [-0.25, -0.2) is 0 Å². The summed E-state index contributed by atoms with van der Waals surface area (Å²) in [4.78, 5) is 11.4. The zero-order valence-electron chi connectivity index (χ0n) is 17.8. The Hall–Kier alpha value is -1.31. The van der Waals surface area contributed by atoms with Crippen molar-refractivity contribution in [2.45, 2.75) is 116 Å². The van der Waals surface area contributed by atoms with E-state index in [0.29, 0.717) is 5.56 Å². The second-order valence-corrected chi connectivity index (χ2v) is 8.07. The molecule has 0 aliphatic heterocycles. The zero-order valence-corrected chi connectivity index (χ0v) is 17.8. The number of nitrogens with two attached hydrogens (primary N) is 1. The average molecular weight is 374 g/mol. The monoisotopic (exact) mass is 373 g/mol. The molecular formula is C25H43NO. The Morgan fingerprint density at radius 2 is 1.07 bits per heavy atom. The van der Waals surface area contributed by atoms with Gasteiger partial charge < -0.3 is 5.73 Å². The van der Waals surface area contributed by atoms with Crippen LogP contribution in [0.2, 0.25) is 0 Å². The maximum atomic E-state index is 11.4. The Morgan fingerprint density at radius 3 is 1.52 bits per heavy atom. The van der Waals surface area contributed by atoms with Crippen molar-refractivity contribution in [2.24, 2.45) is 5.73 Å². The van der Waals surface area contributed by atoms with E-state index in [4.69, 9.17) is 5.73 Å². The standard InChI is InChI=1S/C25H43NO/c1-2-3-4-5-6-7-8-9-10-11-12-13-14-15-16-17-20-23-21-18-19-22-24(23)25(26)27/h18-19,21-22H,2-17,20H2,1H3,(H2,26,27). The summed E-state index contributed by atoms with van der Waals surface area (Å²) >= 11 is 0. The molecule has 2 N–H and O–H groups in total. The molecule has 1 aromatic carbocycles. The minimum Gasteiger partial charge on any atom is -0.366 e. The fraction of sp³-hybridized carbons (Fsp3) is 0.720. The van der Waals surface area contributed by atoms with Crippen molar-refractivity contribution in [1.82, 2.24) is 0 Å². The molecule has 0 unspecified atom stereocenters. The Balaban J connectivity index is 1.85. The van der Waals surface area contributed by atoms with Crippen LogP contribution in [0, 0.1) is 0 Å². The van der Waals surface area contributed by atoms with E-state index in [1.165, 1.54) is 96.3 Å². The van der Waals surface area contributed by atoms with Crippen LogP contribution >= 0.6 is 0 Å². The molecule has 1 rings (SSSR count). The first-order valence-electron chi connectivity index (χ1n) is 11.6. The zero-order chi connectivity index (χ0) is 19.6. The maximum Gasteiger partial charge on any atom is 0.248 e. The summed E-state index contributed by atoms with van der Waals surface area (Å²) in [7, 11) is 0. The highest BCUT2D eigenvalue weighted by Crippen LogP contribution is 2.15. The van der Waals surface area contributed by atoms with Gasteiger partial charge in [0.05, 0.1) is 0 Å². The Labute approximate surface area is 168 Å². The van der Waals surface area contributed by atoms with Crippen molar-refractivity contribution < 1.29 is 4.79 Å². The summed E-state index contributed by atoms with van der Waals surface area (Å²) in [6.45, 7) is 2.28. The molecule has 27 heavy (non-hydrogen) atoms. The van der Waals surface area contributed by atoms with Crippen LogP contribution in [0.25, 0.3) is 0 Å². The Bertz CT molecular complexity index is 483. The van der Waals surface area contributed by atoms with Gasteiger partial charge in [0, 0.05) is 5.56 Å². The predicted octanol–water partition coefficient (Wildman–Crippen LogP) is 7.59. The lowest BCUT2D eigenvalue weighted by Crippen LogP contribution is -2.13. The minimum absolute atomic E-state index is 0.304. The molecule has 0 aliphatic carbocycles. The third-order valence-corrected chi connectivity index (χ3v) is 5.58. The van der Waals surface area contributed by atoms with Crippen LogP contribution in [-0.2, 0) is 6.42 Å². The van der Waals surface area contributed by atoms with Crippen LogP contribution in [0.4, 0.5) is 0 Å². The molecular weight excluding hydrogens is 330 g/mol. The van der Waals surface area contributed by atoms with Gasteiger partial charge in [0.25, 0.3) is 0 Å². The fourth-order valence-electron chi connectivity index (χ4n) is 3.84. The summed E-state index contributed by atoms with van der Waals surface area (Å²) < 4.78 is 0. The smallest absolute Gasteiger partial charge is 0.248 e. The van der Waals surface area contributed by atoms with Crippen LogP contribution in [0.3, 0.4) is 0 Å². The number of primary amides is 1. The van der Waals surface area contributed by atoms with Gasteiger partial charge in [-0.05, 0) is 24.5 Å². The van der Waals surface area contributed by atoms with E-state index in [2.05, 4.69) is 6.92 Å². The Kier molecular flexibility index (Phi) is 14.8. The number of hydrogen-bond donors (Lipinski definition) is 1. The van der Waals surface area contributed by atoms with E-state index in [9.17, 15) is 4.79 Å². The van der Waals surface area contributed by atoms with Gasteiger partial charge in [0.2, 0.25) is 5.91 Å². The number of benzene rings is 1. The number of amides is 1. The van der Waals surface area contributed by atoms with Gasteiger partial charge in [-0.15, -0.1) is 0 Å². The molecule has 1 aromatic rings. The molecule has 0 bridgehead atoms. The molecule has 0 heterocycles. The molecule has 0 aromatic heterocycles. The normalized spacial score (nSPS) is 11.0. The van der Waals surface area contributed by atoms with Gasteiger partial charge in [-0.3, -0.25) is 4.79 Å². The van der Waals surface area contributed by atoms with Crippen LogP contribution in [-0.4, -0.2) is 5.91 Å². The molecule has 0 aliphatic rings. The first-order valence-corrected chi connectivity index (χ1v) is 11.6. The van der Waals surface area contributed by atoms with Crippen molar-refractivity contribution in [2.75, 3.05) is 0 Å². The van der Waals surface area contributed by atoms with Gasteiger partial charge in [0.15, 0.2) is 0 Å². The molecule has 154 valence electrons. The number of carbonyl (C=O) groups excluding carboxylic acids is 1. The van der Waals surface area contributed by atoms with Crippen molar-refractivity contribution in [1.29, 1.82) is 0 Å². The largest absolute Gasteiger partial charge is 0.366 e. The number of hydrogen-bond acceptors (Lipinski definition) is 1. The SMILES string of the molecule is CCCCCCCCCCCCCCCCCCc1ccccc1C(N)=O. The average Bonchev–Trinajstić information content (AvgIpc) is 2.68. The van der Waals surface area contributed by atoms with Crippen molar-refractivity contribution in [3.05, 3.63) is 35.4 Å². The highest BCUT2D eigenvalue weighted by molar-refractivity contribution is 5.94. The number of rotatable bonds is 18. The Morgan fingerprint density at radius 1 is 0.667 bits per heavy atom. The summed E-state index contributed by atoms with van der Waals surface area (Å²) in [5, 5.41) is 0. The number of aryl methyl sites for hydroxylation is 1. The van der Waals surface area contributed by atoms with Crippen molar-refractivity contribution in [3.63, 3.8) is 0 Å². The van der Waals surface area contributed by atoms with E-state index in [-0.39, 0.29) is 5.91 Å². The van der Waals surface area contributed by atoms with Crippen LogP contribution in [0.5, 0.6) is 0 Å². The highest BCUT2D eigenvalue weighted by atomic mass is 16.1. The fourth-order valence-corrected chi connectivity index (χ4v) is 3.84. The summed E-state index contributed by atoms with van der Waals surface area (Å²) in [6.07, 6.45) is 23.1. The molecule has 0 radical (unpaired) electrons. The molecule has 2 nitrogen and oxygen atoms in total. The van der Waals surface area contributed by atoms with Gasteiger partial charge in [-0.1, -0.05) is 121 Å². The van der Waals surface area contributed by atoms with E-state index in [1.807, 2.05) is 24.3 Å². The minimum atomic E-state index is -0.304. The first kappa shape index (κ1) is 23.7. The van der Waals surface area contributed by atoms with Crippen LogP contribution in [0.15, 0.2) is 24.3 Å². The molecule has 0 saturated heterocycles. The summed E-state index contributed by atoms with van der Waals surface area (Å²) in [5.74, 6) is -0.304. The number of unbranched alkanes of at least 4 members (excludes halogenated alkanes) is 15. The topological polar surface area (TPSA) is 43.1 Å². The van der Waals surface area contributed by atoms with E-state index in [0.717, 1.165) is 18.4 Å². The molecule has 1 amide bonds. The van der Waals surface area contributed by atoms with Gasteiger partial charge in [-0.2, -0.15) is 0 Å².